The number of nitrogens with one attached hydrogen (secondary N) is 1. The number of rotatable bonds is 7. The van der Waals surface area contributed by atoms with E-state index in [1.807, 2.05) is 34.9 Å². The minimum atomic E-state index is -0.248. The molecule has 0 atom stereocenters. The summed E-state index contributed by atoms with van der Waals surface area (Å²) in [5.74, 6) is 2.07. The van der Waals surface area contributed by atoms with Crippen LogP contribution >= 0.6 is 11.8 Å². The number of thioether (sulfide) groups is 1. The largest absolute Gasteiger partial charge is 0.454 e. The molecule has 2 heterocycles. The van der Waals surface area contributed by atoms with Crippen molar-refractivity contribution in [1.29, 1.82) is 0 Å². The number of ether oxygens (including phenoxy) is 2. The lowest BCUT2D eigenvalue weighted by Gasteiger charge is -2.11. The summed E-state index contributed by atoms with van der Waals surface area (Å²) < 4.78 is 12.7. The number of amides is 1. The molecule has 1 aliphatic carbocycles. The molecular formula is C22H20N4O4S. The molecule has 1 amide bonds. The maximum Gasteiger partial charge on any atom is 0.234 e. The first-order valence-corrected chi connectivity index (χ1v) is 11.0. The van der Waals surface area contributed by atoms with Crippen LogP contribution in [0, 0.1) is 0 Å². The number of para-hydroxylation sites is 1. The quantitative estimate of drug-likeness (QED) is 0.444. The highest BCUT2D eigenvalue weighted by atomic mass is 32.2. The molecule has 9 heteroatoms. The lowest BCUT2D eigenvalue weighted by molar-refractivity contribution is -0.113. The fourth-order valence-electron chi connectivity index (χ4n) is 3.45. The summed E-state index contributed by atoms with van der Waals surface area (Å²) in [5, 5.41) is 12.2. The van der Waals surface area contributed by atoms with Crippen molar-refractivity contribution in [3.05, 3.63) is 53.9 Å². The lowest BCUT2D eigenvalue weighted by atomic mass is 10.1. The van der Waals surface area contributed by atoms with Crippen LogP contribution in [0.1, 0.15) is 41.9 Å². The van der Waals surface area contributed by atoms with E-state index in [-0.39, 0.29) is 24.2 Å². The summed E-state index contributed by atoms with van der Waals surface area (Å²) in [7, 11) is 0. The van der Waals surface area contributed by atoms with Gasteiger partial charge < -0.3 is 14.8 Å². The van der Waals surface area contributed by atoms with Crippen molar-refractivity contribution in [3.8, 4) is 17.2 Å². The Morgan fingerprint density at radius 2 is 1.87 bits per heavy atom. The Morgan fingerprint density at radius 3 is 2.58 bits per heavy atom. The molecule has 0 spiro atoms. The minimum absolute atomic E-state index is 0.0956. The summed E-state index contributed by atoms with van der Waals surface area (Å²) in [6, 6.07) is 13.1. The van der Waals surface area contributed by atoms with Crippen molar-refractivity contribution in [2.45, 2.75) is 30.8 Å². The number of ketones is 1. The Kier molecular flexibility index (Phi) is 5.11. The summed E-state index contributed by atoms with van der Waals surface area (Å²) in [6.45, 7) is 1.54. The molecule has 1 aromatic heterocycles. The zero-order valence-electron chi connectivity index (χ0n) is 16.8. The van der Waals surface area contributed by atoms with Crippen LogP contribution in [0.25, 0.3) is 5.69 Å². The van der Waals surface area contributed by atoms with Crippen molar-refractivity contribution in [3.63, 3.8) is 0 Å². The molecule has 2 aliphatic rings. The summed E-state index contributed by atoms with van der Waals surface area (Å²) in [5.41, 5.74) is 1.77. The van der Waals surface area contributed by atoms with Gasteiger partial charge in [-0.2, -0.15) is 0 Å². The van der Waals surface area contributed by atoms with Gasteiger partial charge in [-0.05, 0) is 38.0 Å². The Bertz CT molecular complexity index is 1160. The zero-order valence-corrected chi connectivity index (χ0v) is 17.6. The SMILES string of the molecule is CC(=O)c1cc2c(cc1NC(=O)CSc1nnc(C3CC3)n1-c1ccccc1)OCO2. The third-order valence-electron chi connectivity index (χ3n) is 5.11. The van der Waals surface area contributed by atoms with Gasteiger partial charge >= 0.3 is 0 Å². The average molecular weight is 436 g/mol. The van der Waals surface area contributed by atoms with Gasteiger partial charge in [0.2, 0.25) is 12.7 Å². The molecule has 2 aromatic carbocycles. The number of hydrogen-bond acceptors (Lipinski definition) is 7. The van der Waals surface area contributed by atoms with E-state index in [4.69, 9.17) is 9.47 Å². The highest BCUT2D eigenvalue weighted by molar-refractivity contribution is 7.99. The number of anilines is 1. The van der Waals surface area contributed by atoms with Crippen LogP contribution in [0.3, 0.4) is 0 Å². The van der Waals surface area contributed by atoms with Gasteiger partial charge in [0.05, 0.1) is 11.4 Å². The van der Waals surface area contributed by atoms with E-state index in [0.717, 1.165) is 24.4 Å². The zero-order chi connectivity index (χ0) is 21.4. The first kappa shape index (κ1) is 19.6. The summed E-state index contributed by atoms with van der Waals surface area (Å²) in [4.78, 5) is 24.7. The van der Waals surface area contributed by atoms with Gasteiger partial charge in [-0.3, -0.25) is 14.2 Å². The van der Waals surface area contributed by atoms with Crippen LogP contribution in [0.15, 0.2) is 47.6 Å². The molecule has 0 saturated heterocycles. The highest BCUT2D eigenvalue weighted by Crippen LogP contribution is 2.41. The van der Waals surface area contributed by atoms with E-state index in [1.54, 1.807) is 12.1 Å². The van der Waals surface area contributed by atoms with Gasteiger partial charge in [0.15, 0.2) is 22.4 Å². The van der Waals surface area contributed by atoms with Crippen LogP contribution in [-0.2, 0) is 4.79 Å². The van der Waals surface area contributed by atoms with Crippen molar-refractivity contribution in [2.24, 2.45) is 0 Å². The monoisotopic (exact) mass is 436 g/mol. The average Bonchev–Trinajstić information content (AvgIpc) is 3.36. The molecule has 8 nitrogen and oxygen atoms in total. The van der Waals surface area contributed by atoms with Gasteiger partial charge in [-0.1, -0.05) is 30.0 Å². The topological polar surface area (TPSA) is 95.3 Å². The molecule has 158 valence electrons. The molecule has 1 saturated carbocycles. The minimum Gasteiger partial charge on any atom is -0.454 e. The van der Waals surface area contributed by atoms with Crippen molar-refractivity contribution < 1.29 is 19.1 Å². The van der Waals surface area contributed by atoms with Gasteiger partial charge in [0.1, 0.15) is 5.82 Å². The van der Waals surface area contributed by atoms with Crippen molar-refractivity contribution in [2.75, 3.05) is 17.9 Å². The van der Waals surface area contributed by atoms with E-state index in [2.05, 4.69) is 15.5 Å². The number of benzene rings is 2. The molecular weight excluding hydrogens is 416 g/mol. The molecule has 1 aliphatic heterocycles. The van der Waals surface area contributed by atoms with Gasteiger partial charge in [-0.25, -0.2) is 0 Å². The predicted octanol–water partition coefficient (Wildman–Crippen LogP) is 3.81. The maximum atomic E-state index is 12.7. The third-order valence-corrected chi connectivity index (χ3v) is 6.04. The van der Waals surface area contributed by atoms with Crippen LogP contribution in [-0.4, -0.2) is 39.0 Å². The predicted molar refractivity (Wildman–Crippen MR) is 115 cm³/mol. The van der Waals surface area contributed by atoms with E-state index < -0.39 is 0 Å². The molecule has 1 fully saturated rings. The van der Waals surface area contributed by atoms with E-state index in [9.17, 15) is 9.59 Å². The Morgan fingerprint density at radius 1 is 1.13 bits per heavy atom. The normalized spacial score (nSPS) is 14.5. The van der Waals surface area contributed by atoms with Crippen molar-refractivity contribution >= 4 is 29.1 Å². The Labute approximate surface area is 183 Å². The molecule has 0 radical (unpaired) electrons. The number of hydrogen-bond donors (Lipinski definition) is 1. The van der Waals surface area contributed by atoms with Gasteiger partial charge in [0, 0.05) is 23.2 Å². The molecule has 0 bridgehead atoms. The van der Waals surface area contributed by atoms with Crippen LogP contribution < -0.4 is 14.8 Å². The second kappa shape index (κ2) is 8.07. The first-order chi connectivity index (χ1) is 15.1. The number of aromatic nitrogens is 3. The molecule has 1 N–H and O–H groups in total. The third kappa shape index (κ3) is 4.00. The highest BCUT2D eigenvalue weighted by Gasteiger charge is 2.31. The van der Waals surface area contributed by atoms with Crippen molar-refractivity contribution in [1.82, 2.24) is 14.8 Å². The van der Waals surface area contributed by atoms with Gasteiger partial charge in [-0.15, -0.1) is 10.2 Å². The van der Waals surface area contributed by atoms with E-state index in [1.165, 1.54) is 18.7 Å². The van der Waals surface area contributed by atoms with Crippen LogP contribution in [0.2, 0.25) is 0 Å². The summed E-state index contributed by atoms with van der Waals surface area (Å²) in [6.07, 6.45) is 2.21. The summed E-state index contributed by atoms with van der Waals surface area (Å²) >= 11 is 1.31. The van der Waals surface area contributed by atoms with Crippen LogP contribution in [0.4, 0.5) is 5.69 Å². The molecule has 3 aromatic rings. The molecule has 0 unspecified atom stereocenters. The van der Waals surface area contributed by atoms with Crippen LogP contribution in [0.5, 0.6) is 11.5 Å². The Balaban J connectivity index is 1.34. The number of carbonyl (C=O) groups is 2. The smallest absolute Gasteiger partial charge is 0.234 e. The number of nitrogens with zero attached hydrogens (tertiary/aromatic N) is 3. The lowest BCUT2D eigenvalue weighted by Crippen LogP contribution is -2.16. The first-order valence-electron chi connectivity index (χ1n) is 9.98. The number of fused-ring (bicyclic) bond motifs is 1. The Hall–Kier alpha value is -3.33. The fourth-order valence-corrected chi connectivity index (χ4v) is 4.21. The fraction of sp³-hybridized carbons (Fsp3) is 0.273. The second-order valence-electron chi connectivity index (χ2n) is 7.43. The van der Waals surface area contributed by atoms with Gasteiger partial charge in [0.25, 0.3) is 0 Å². The second-order valence-corrected chi connectivity index (χ2v) is 8.37. The molecule has 5 rings (SSSR count). The maximum absolute atomic E-state index is 12.7. The standard InChI is InChI=1S/C22H20N4O4S/c1-13(27)16-9-18-19(30-12-29-18)10-17(16)23-20(28)11-31-22-25-24-21(14-7-8-14)26(22)15-5-3-2-4-6-15/h2-6,9-10,14H,7-8,11-12H2,1H3,(H,23,28). The van der Waals surface area contributed by atoms with E-state index in [0.29, 0.717) is 33.8 Å². The van der Waals surface area contributed by atoms with E-state index >= 15 is 0 Å². The number of Topliss-reactive ketones (excluding diaryl/α,β-unsaturated/α-hetero) is 1. The molecule has 31 heavy (non-hydrogen) atoms. The number of carbonyl (C=O) groups excluding carboxylic acids is 2.